The van der Waals surface area contributed by atoms with Gasteiger partial charge in [-0.1, -0.05) is 39.0 Å². The van der Waals surface area contributed by atoms with Crippen LogP contribution in [-0.2, 0) is 0 Å². The summed E-state index contributed by atoms with van der Waals surface area (Å²) in [5.41, 5.74) is 1.51. The summed E-state index contributed by atoms with van der Waals surface area (Å²) in [6.45, 7) is 9.15. The molecule has 0 aliphatic carbocycles. The highest BCUT2D eigenvalue weighted by atomic mass is 32.1. The summed E-state index contributed by atoms with van der Waals surface area (Å²) >= 11 is 1.87. The van der Waals surface area contributed by atoms with Crippen LogP contribution in [0.3, 0.4) is 0 Å². The average molecular weight is 261 g/mol. The lowest BCUT2D eigenvalue weighted by molar-refractivity contribution is 0.450. The molecule has 1 aromatic heterocycles. The fourth-order valence-electron chi connectivity index (χ4n) is 2.36. The number of rotatable bonds is 6. The molecule has 0 aliphatic rings. The highest BCUT2D eigenvalue weighted by Crippen LogP contribution is 2.33. The van der Waals surface area contributed by atoms with E-state index in [0.29, 0.717) is 11.8 Å². The predicted molar refractivity (Wildman–Crippen MR) is 82.6 cm³/mol. The molecule has 98 valence electrons. The molecule has 0 spiro atoms. The first kappa shape index (κ1) is 13.6. The van der Waals surface area contributed by atoms with E-state index in [1.165, 1.54) is 22.1 Å². The summed E-state index contributed by atoms with van der Waals surface area (Å²) in [6.07, 6.45) is 1.21. The summed E-state index contributed by atoms with van der Waals surface area (Å²) in [5, 5.41) is 7.11. The van der Waals surface area contributed by atoms with Gasteiger partial charge in [0.15, 0.2) is 0 Å². The zero-order chi connectivity index (χ0) is 13.0. The Balaban J connectivity index is 2.12. The van der Waals surface area contributed by atoms with E-state index in [9.17, 15) is 0 Å². The van der Waals surface area contributed by atoms with Gasteiger partial charge in [-0.3, -0.25) is 0 Å². The van der Waals surface area contributed by atoms with E-state index in [2.05, 4.69) is 55.7 Å². The molecule has 1 nitrogen and oxygen atoms in total. The standard InChI is InChI=1S/C16H23NS/c1-4-9-17-11-12(2)13(3)15-7-5-6-14-8-10-18-16(14)15/h5-8,10,12-13,17H,4,9,11H2,1-3H3. The predicted octanol–water partition coefficient (Wildman–Crippen LogP) is 4.64. The molecule has 2 atom stereocenters. The fourth-order valence-corrected chi connectivity index (χ4v) is 3.38. The maximum atomic E-state index is 3.53. The summed E-state index contributed by atoms with van der Waals surface area (Å²) < 4.78 is 1.47. The molecule has 1 heterocycles. The second-order valence-electron chi connectivity index (χ2n) is 5.16. The SMILES string of the molecule is CCCNCC(C)C(C)c1cccc2ccsc12. The van der Waals surface area contributed by atoms with E-state index in [1.54, 1.807) is 0 Å². The molecule has 1 aromatic carbocycles. The van der Waals surface area contributed by atoms with Crippen molar-refractivity contribution in [3.63, 3.8) is 0 Å². The van der Waals surface area contributed by atoms with Gasteiger partial charge in [-0.2, -0.15) is 0 Å². The quantitative estimate of drug-likeness (QED) is 0.747. The zero-order valence-electron chi connectivity index (χ0n) is 11.6. The number of benzene rings is 1. The van der Waals surface area contributed by atoms with E-state index in [-0.39, 0.29) is 0 Å². The van der Waals surface area contributed by atoms with E-state index in [1.807, 2.05) is 11.3 Å². The van der Waals surface area contributed by atoms with Gasteiger partial charge in [0.25, 0.3) is 0 Å². The van der Waals surface area contributed by atoms with Gasteiger partial charge in [0.1, 0.15) is 0 Å². The Hall–Kier alpha value is -0.860. The monoisotopic (exact) mass is 261 g/mol. The molecule has 0 saturated heterocycles. The summed E-state index contributed by atoms with van der Waals surface area (Å²) in [4.78, 5) is 0. The molecule has 2 heteroatoms. The molecule has 18 heavy (non-hydrogen) atoms. The number of hydrogen-bond acceptors (Lipinski definition) is 2. The Morgan fingerprint density at radius 3 is 2.83 bits per heavy atom. The van der Waals surface area contributed by atoms with Gasteiger partial charge in [0.2, 0.25) is 0 Å². The molecule has 0 aliphatic heterocycles. The van der Waals surface area contributed by atoms with Crippen molar-refractivity contribution < 1.29 is 0 Å². The smallest absolute Gasteiger partial charge is 0.0377 e. The van der Waals surface area contributed by atoms with Crippen molar-refractivity contribution in [3.8, 4) is 0 Å². The topological polar surface area (TPSA) is 12.0 Å². The van der Waals surface area contributed by atoms with Crippen LogP contribution in [0.2, 0.25) is 0 Å². The van der Waals surface area contributed by atoms with Crippen molar-refractivity contribution in [3.05, 3.63) is 35.2 Å². The molecule has 0 saturated carbocycles. The molecular weight excluding hydrogens is 238 g/mol. The minimum Gasteiger partial charge on any atom is -0.316 e. The lowest BCUT2D eigenvalue weighted by atomic mass is 9.88. The van der Waals surface area contributed by atoms with Gasteiger partial charge >= 0.3 is 0 Å². The molecular formula is C16H23NS. The van der Waals surface area contributed by atoms with Gasteiger partial charge in [0, 0.05) is 4.70 Å². The summed E-state index contributed by atoms with van der Waals surface area (Å²) in [7, 11) is 0. The Morgan fingerprint density at radius 1 is 1.22 bits per heavy atom. The molecule has 2 rings (SSSR count). The van der Waals surface area contributed by atoms with E-state index in [0.717, 1.165) is 13.1 Å². The van der Waals surface area contributed by atoms with E-state index in [4.69, 9.17) is 0 Å². The average Bonchev–Trinajstić information content (AvgIpc) is 2.86. The maximum absolute atomic E-state index is 3.53. The first-order valence-electron chi connectivity index (χ1n) is 6.91. The molecule has 0 amide bonds. The van der Waals surface area contributed by atoms with Gasteiger partial charge in [-0.05, 0) is 53.7 Å². The van der Waals surface area contributed by atoms with Crippen LogP contribution in [0.4, 0.5) is 0 Å². The van der Waals surface area contributed by atoms with E-state index < -0.39 is 0 Å². The molecule has 0 radical (unpaired) electrons. The maximum Gasteiger partial charge on any atom is 0.0377 e. The van der Waals surface area contributed by atoms with Crippen LogP contribution in [0.15, 0.2) is 29.6 Å². The largest absolute Gasteiger partial charge is 0.316 e. The van der Waals surface area contributed by atoms with Crippen LogP contribution in [0.25, 0.3) is 10.1 Å². The number of hydrogen-bond donors (Lipinski definition) is 1. The third-order valence-electron chi connectivity index (χ3n) is 3.75. The molecule has 2 unspecified atom stereocenters. The van der Waals surface area contributed by atoms with Crippen LogP contribution in [-0.4, -0.2) is 13.1 Å². The minimum absolute atomic E-state index is 0.608. The first-order valence-corrected chi connectivity index (χ1v) is 7.78. The van der Waals surface area contributed by atoms with Gasteiger partial charge in [-0.25, -0.2) is 0 Å². The second kappa shape index (κ2) is 6.35. The van der Waals surface area contributed by atoms with E-state index >= 15 is 0 Å². The van der Waals surface area contributed by atoms with Crippen molar-refractivity contribution in [2.24, 2.45) is 5.92 Å². The minimum atomic E-state index is 0.608. The Kier molecular flexibility index (Phi) is 4.79. The number of nitrogens with one attached hydrogen (secondary N) is 1. The van der Waals surface area contributed by atoms with Gasteiger partial charge < -0.3 is 5.32 Å². The van der Waals surface area contributed by atoms with Crippen LogP contribution in [0, 0.1) is 5.92 Å². The Morgan fingerprint density at radius 2 is 2.06 bits per heavy atom. The zero-order valence-corrected chi connectivity index (χ0v) is 12.4. The molecule has 0 fully saturated rings. The lowest BCUT2D eigenvalue weighted by Crippen LogP contribution is -2.25. The molecule has 0 bridgehead atoms. The van der Waals surface area contributed by atoms with Gasteiger partial charge in [-0.15, -0.1) is 11.3 Å². The van der Waals surface area contributed by atoms with Crippen molar-refractivity contribution in [2.75, 3.05) is 13.1 Å². The highest BCUT2D eigenvalue weighted by Gasteiger charge is 2.16. The lowest BCUT2D eigenvalue weighted by Gasteiger charge is -2.21. The normalized spacial score (nSPS) is 14.8. The number of fused-ring (bicyclic) bond motifs is 1. The van der Waals surface area contributed by atoms with Crippen LogP contribution in [0.5, 0.6) is 0 Å². The molecule has 2 aromatic rings. The fraction of sp³-hybridized carbons (Fsp3) is 0.500. The van der Waals surface area contributed by atoms with Crippen molar-refractivity contribution in [1.82, 2.24) is 5.32 Å². The van der Waals surface area contributed by atoms with Gasteiger partial charge in [0.05, 0.1) is 0 Å². The number of thiophene rings is 1. The summed E-state index contributed by atoms with van der Waals surface area (Å²) in [6, 6.07) is 8.91. The first-order chi connectivity index (χ1) is 8.74. The van der Waals surface area contributed by atoms with Crippen LogP contribution >= 0.6 is 11.3 Å². The third kappa shape index (κ3) is 2.93. The van der Waals surface area contributed by atoms with Crippen molar-refractivity contribution in [2.45, 2.75) is 33.1 Å². The third-order valence-corrected chi connectivity index (χ3v) is 4.73. The Bertz CT molecular complexity index is 489. The van der Waals surface area contributed by atoms with Crippen LogP contribution in [0.1, 0.15) is 38.7 Å². The van der Waals surface area contributed by atoms with Crippen LogP contribution < -0.4 is 5.32 Å². The van der Waals surface area contributed by atoms with Crippen molar-refractivity contribution >= 4 is 21.4 Å². The highest BCUT2D eigenvalue weighted by molar-refractivity contribution is 7.17. The summed E-state index contributed by atoms with van der Waals surface area (Å²) in [5.74, 6) is 1.28. The Labute approximate surface area is 114 Å². The second-order valence-corrected chi connectivity index (χ2v) is 6.07. The van der Waals surface area contributed by atoms with Crippen molar-refractivity contribution in [1.29, 1.82) is 0 Å². The molecule has 1 N–H and O–H groups in total.